The van der Waals surface area contributed by atoms with Gasteiger partial charge in [-0.2, -0.15) is 4.31 Å². The molecule has 2 heterocycles. The van der Waals surface area contributed by atoms with E-state index in [1.54, 1.807) is 5.01 Å². The Bertz CT molecular complexity index is 1080. The second kappa shape index (κ2) is 9.11. The van der Waals surface area contributed by atoms with Crippen LogP contribution < -0.4 is 15.1 Å². The lowest BCUT2D eigenvalue weighted by molar-refractivity contribution is -0.757. The SMILES string of the molecule is O=C(Nc1on[n+](N2CCN(S(=O)(=O)c3ccc(Cl)cc3Cl)CC2)c1Cl)C1CCCC1. The average molecular weight is 510 g/mol. The smallest absolute Gasteiger partial charge is 0.287 e. The number of aromatic nitrogens is 2. The van der Waals surface area contributed by atoms with E-state index in [2.05, 4.69) is 10.6 Å². The number of amides is 1. The molecule has 13 heteroatoms. The van der Waals surface area contributed by atoms with Gasteiger partial charge in [0, 0.05) is 35.6 Å². The number of anilines is 1. The first kappa shape index (κ1) is 22.6. The van der Waals surface area contributed by atoms with Gasteiger partial charge >= 0.3 is 11.0 Å². The Hall–Kier alpha value is -1.59. The molecule has 31 heavy (non-hydrogen) atoms. The summed E-state index contributed by atoms with van der Waals surface area (Å²) in [5, 5.41) is 8.91. The quantitative estimate of drug-likeness (QED) is 0.622. The van der Waals surface area contributed by atoms with Gasteiger partial charge in [0.05, 0.1) is 22.9 Å². The van der Waals surface area contributed by atoms with Crippen molar-refractivity contribution in [2.75, 3.05) is 36.5 Å². The molecule has 1 aliphatic carbocycles. The van der Waals surface area contributed by atoms with Crippen LogP contribution in [0.5, 0.6) is 0 Å². The summed E-state index contributed by atoms with van der Waals surface area (Å²) in [4.78, 5) is 13.7. The molecule has 2 fully saturated rings. The molecule has 2 aromatic rings. The van der Waals surface area contributed by atoms with Gasteiger partial charge in [0.1, 0.15) is 4.90 Å². The maximum atomic E-state index is 12.9. The zero-order valence-electron chi connectivity index (χ0n) is 16.4. The fourth-order valence-electron chi connectivity index (χ4n) is 3.83. The molecule has 4 rings (SSSR count). The molecule has 9 nitrogen and oxygen atoms in total. The van der Waals surface area contributed by atoms with Gasteiger partial charge in [-0.15, -0.1) is 5.01 Å². The number of benzene rings is 1. The van der Waals surface area contributed by atoms with Crippen LogP contribution in [0, 0.1) is 5.92 Å². The average Bonchev–Trinajstić information content (AvgIpc) is 3.39. The third-order valence-corrected chi connectivity index (χ3v) is 8.47. The van der Waals surface area contributed by atoms with Crippen molar-refractivity contribution in [2.45, 2.75) is 30.6 Å². The number of carbonyl (C=O) groups excluding carboxylic acids is 1. The molecule has 1 N–H and O–H groups in total. The van der Waals surface area contributed by atoms with Gasteiger partial charge in [-0.1, -0.05) is 36.0 Å². The van der Waals surface area contributed by atoms with Crippen LogP contribution in [0.3, 0.4) is 0 Å². The van der Waals surface area contributed by atoms with Crippen molar-refractivity contribution in [2.24, 2.45) is 5.92 Å². The Balaban J connectivity index is 1.42. The van der Waals surface area contributed by atoms with Gasteiger partial charge in [0.2, 0.25) is 21.2 Å². The zero-order valence-corrected chi connectivity index (χ0v) is 19.5. The second-order valence-electron chi connectivity index (χ2n) is 7.49. The molecule has 0 bridgehead atoms. The molecule has 1 aromatic heterocycles. The summed E-state index contributed by atoms with van der Waals surface area (Å²) in [6.45, 7) is 1.03. The van der Waals surface area contributed by atoms with Crippen LogP contribution in [-0.4, -0.2) is 50.1 Å². The predicted molar refractivity (Wildman–Crippen MR) is 115 cm³/mol. The standard InChI is InChI=1S/C18H20Cl3N5O4S/c19-13-5-6-15(14(20)11-13)31(28,29)25-9-7-24(8-10-25)26-16(21)18(30-23-26)22-17(27)12-3-1-2-4-12/h5-6,11-12H,1-4,7-10H2/p+1. The summed E-state index contributed by atoms with van der Waals surface area (Å²) in [6.07, 6.45) is 3.78. The largest absolute Gasteiger partial charge is 0.400 e. The van der Waals surface area contributed by atoms with E-state index in [1.165, 1.54) is 27.3 Å². The van der Waals surface area contributed by atoms with E-state index in [0.29, 0.717) is 18.1 Å². The van der Waals surface area contributed by atoms with Crippen LogP contribution in [0.2, 0.25) is 15.2 Å². The summed E-state index contributed by atoms with van der Waals surface area (Å²) >= 11 is 18.3. The van der Waals surface area contributed by atoms with Crippen LogP contribution in [0.15, 0.2) is 27.6 Å². The molecular formula is C18H21Cl3N5O4S+. The first-order chi connectivity index (χ1) is 14.8. The minimum atomic E-state index is -3.77. The molecule has 0 radical (unpaired) electrons. The number of hydrogen-bond acceptors (Lipinski definition) is 6. The first-order valence-corrected chi connectivity index (χ1v) is 12.4. The van der Waals surface area contributed by atoms with Crippen LogP contribution in [0.25, 0.3) is 0 Å². The number of rotatable bonds is 5. The number of halogens is 3. The Labute approximate surface area is 194 Å². The Morgan fingerprint density at radius 3 is 2.45 bits per heavy atom. The van der Waals surface area contributed by atoms with Crippen molar-refractivity contribution in [3.05, 3.63) is 33.4 Å². The Kier molecular flexibility index (Phi) is 6.64. The number of hydrogen-bond donors (Lipinski definition) is 1. The van der Waals surface area contributed by atoms with Crippen molar-refractivity contribution in [3.8, 4) is 0 Å². The van der Waals surface area contributed by atoms with E-state index in [9.17, 15) is 13.2 Å². The van der Waals surface area contributed by atoms with E-state index >= 15 is 0 Å². The molecule has 0 spiro atoms. The fraction of sp³-hybridized carbons (Fsp3) is 0.500. The third kappa shape index (κ3) is 4.63. The van der Waals surface area contributed by atoms with Crippen LogP contribution in [0.1, 0.15) is 25.7 Å². The van der Waals surface area contributed by atoms with Crippen molar-refractivity contribution >= 4 is 56.6 Å². The summed E-state index contributed by atoms with van der Waals surface area (Å²) in [5.74, 6) is -0.0805. The zero-order chi connectivity index (χ0) is 22.2. The predicted octanol–water partition coefficient (Wildman–Crippen LogP) is 2.69. The van der Waals surface area contributed by atoms with Crippen molar-refractivity contribution < 1.29 is 22.5 Å². The van der Waals surface area contributed by atoms with E-state index in [-0.39, 0.29) is 45.9 Å². The number of piperazine rings is 1. The number of nitrogens with zero attached hydrogens (tertiary/aromatic N) is 4. The number of sulfonamides is 1. The number of nitrogens with one attached hydrogen (secondary N) is 1. The minimum absolute atomic E-state index is 0.0102. The maximum absolute atomic E-state index is 12.9. The lowest BCUT2D eigenvalue weighted by atomic mass is 10.1. The molecule has 1 saturated heterocycles. The van der Waals surface area contributed by atoms with E-state index in [4.69, 9.17) is 39.3 Å². The minimum Gasteiger partial charge on any atom is -0.287 e. The highest BCUT2D eigenvalue weighted by molar-refractivity contribution is 7.89. The summed E-state index contributed by atoms with van der Waals surface area (Å²) < 4.78 is 32.5. The monoisotopic (exact) mass is 508 g/mol. The van der Waals surface area contributed by atoms with Crippen molar-refractivity contribution in [1.29, 1.82) is 0 Å². The summed E-state index contributed by atoms with van der Waals surface area (Å²) in [5.41, 5.74) is 0. The van der Waals surface area contributed by atoms with Crippen LogP contribution in [0.4, 0.5) is 5.88 Å². The fourth-order valence-corrected chi connectivity index (χ4v) is 6.21. The van der Waals surface area contributed by atoms with Gasteiger partial charge in [-0.25, -0.2) is 8.42 Å². The lowest BCUT2D eigenvalue weighted by Gasteiger charge is -2.29. The van der Waals surface area contributed by atoms with Gasteiger partial charge in [-0.05, 0) is 31.0 Å². The third-order valence-electron chi connectivity index (χ3n) is 5.53. The molecule has 1 aromatic carbocycles. The highest BCUT2D eigenvalue weighted by atomic mass is 35.5. The molecule has 0 unspecified atom stereocenters. The highest BCUT2D eigenvalue weighted by Gasteiger charge is 2.37. The molecule has 1 amide bonds. The second-order valence-corrected chi connectivity index (χ2v) is 10.6. The molecule has 1 aliphatic heterocycles. The van der Waals surface area contributed by atoms with Crippen molar-refractivity contribution in [1.82, 2.24) is 9.58 Å². The van der Waals surface area contributed by atoms with Gasteiger partial charge in [-0.3, -0.25) is 14.6 Å². The van der Waals surface area contributed by atoms with E-state index in [0.717, 1.165) is 25.7 Å². The first-order valence-electron chi connectivity index (χ1n) is 9.86. The summed E-state index contributed by atoms with van der Waals surface area (Å²) in [7, 11) is -3.77. The normalized spacial score (nSPS) is 18.5. The van der Waals surface area contributed by atoms with Gasteiger partial charge in [0.25, 0.3) is 0 Å². The topological polar surface area (TPSA) is 99.6 Å². The van der Waals surface area contributed by atoms with Gasteiger partial charge in [0.15, 0.2) is 0 Å². The van der Waals surface area contributed by atoms with Crippen LogP contribution in [-0.2, 0) is 14.8 Å². The van der Waals surface area contributed by atoms with Crippen molar-refractivity contribution in [3.63, 3.8) is 0 Å². The van der Waals surface area contributed by atoms with Crippen LogP contribution >= 0.6 is 34.8 Å². The maximum Gasteiger partial charge on any atom is 0.400 e. The van der Waals surface area contributed by atoms with E-state index in [1.807, 2.05) is 0 Å². The number of carbonyl (C=O) groups is 1. The Morgan fingerprint density at radius 2 is 1.81 bits per heavy atom. The Morgan fingerprint density at radius 1 is 1.13 bits per heavy atom. The highest BCUT2D eigenvalue weighted by Crippen LogP contribution is 2.29. The molecule has 168 valence electrons. The summed E-state index contributed by atoms with van der Waals surface area (Å²) in [6, 6.07) is 4.29. The molecular weight excluding hydrogens is 489 g/mol. The molecule has 1 saturated carbocycles. The van der Waals surface area contributed by atoms with E-state index < -0.39 is 10.0 Å². The molecule has 0 atom stereocenters. The lowest BCUT2D eigenvalue weighted by Crippen LogP contribution is -2.66. The molecule has 2 aliphatic rings. The van der Waals surface area contributed by atoms with Gasteiger partial charge < -0.3 is 0 Å².